The summed E-state index contributed by atoms with van der Waals surface area (Å²) < 4.78 is 7.31. The third-order valence-corrected chi connectivity index (χ3v) is 2.83. The molecule has 0 unspecified atom stereocenters. The van der Waals surface area contributed by atoms with Crippen LogP contribution in [0.4, 0.5) is 0 Å². The van der Waals surface area contributed by atoms with Crippen LogP contribution in [-0.2, 0) is 4.79 Å². The first kappa shape index (κ1) is 11.7. The summed E-state index contributed by atoms with van der Waals surface area (Å²) in [7, 11) is 0. The Morgan fingerprint density at radius 1 is 1.59 bits per heavy atom. The van der Waals surface area contributed by atoms with Crippen molar-refractivity contribution in [2.45, 2.75) is 32.2 Å². The Labute approximate surface area is 98.6 Å². The summed E-state index contributed by atoms with van der Waals surface area (Å²) in [5, 5.41) is 8.52. The Morgan fingerprint density at radius 2 is 2.29 bits per heavy atom. The Kier molecular flexibility index (Phi) is 3.17. The zero-order valence-corrected chi connectivity index (χ0v) is 9.68. The van der Waals surface area contributed by atoms with E-state index in [2.05, 4.69) is 0 Å². The Hall–Kier alpha value is -1.78. The molecule has 0 spiro atoms. The van der Waals surface area contributed by atoms with E-state index in [1.807, 2.05) is 11.5 Å². The number of pyridine rings is 1. The van der Waals surface area contributed by atoms with E-state index in [0.29, 0.717) is 6.04 Å². The van der Waals surface area contributed by atoms with Crippen molar-refractivity contribution in [2.75, 3.05) is 6.61 Å². The number of nitrogens with zero attached hydrogens (tertiary/aromatic N) is 1. The normalized spacial score (nSPS) is 14.6. The maximum atomic E-state index is 11.6. The molecule has 1 saturated carbocycles. The standard InChI is InChI=1S/C12H15NO4/c1-8-12(17-7-5-11(15)16)10(14)4-6-13(8)9-2-3-9/h4,6,9H,2-3,5,7H2,1H3,(H,15,16). The molecule has 0 bridgehead atoms. The molecule has 0 saturated heterocycles. The molecule has 5 heteroatoms. The molecule has 1 N–H and O–H groups in total. The molecule has 1 aromatic rings. The topological polar surface area (TPSA) is 68.5 Å². The number of carboxylic acid groups (broad SMARTS) is 1. The fourth-order valence-electron chi connectivity index (χ4n) is 1.80. The molecule has 0 radical (unpaired) electrons. The number of hydrogen-bond donors (Lipinski definition) is 1. The van der Waals surface area contributed by atoms with Gasteiger partial charge in [-0.1, -0.05) is 0 Å². The first-order chi connectivity index (χ1) is 8.09. The van der Waals surface area contributed by atoms with Crippen LogP contribution in [0.2, 0.25) is 0 Å². The van der Waals surface area contributed by atoms with Crippen LogP contribution in [0.1, 0.15) is 31.0 Å². The van der Waals surface area contributed by atoms with E-state index in [4.69, 9.17) is 9.84 Å². The van der Waals surface area contributed by atoms with Crippen LogP contribution in [0.25, 0.3) is 0 Å². The fraction of sp³-hybridized carbons (Fsp3) is 0.500. The van der Waals surface area contributed by atoms with E-state index in [9.17, 15) is 9.59 Å². The maximum absolute atomic E-state index is 11.6. The van der Waals surface area contributed by atoms with Crippen LogP contribution < -0.4 is 10.2 Å². The average Bonchev–Trinajstić information content (AvgIpc) is 3.06. The first-order valence-corrected chi connectivity index (χ1v) is 5.66. The van der Waals surface area contributed by atoms with Gasteiger partial charge in [0.2, 0.25) is 5.43 Å². The number of hydrogen-bond acceptors (Lipinski definition) is 3. The summed E-state index contributed by atoms with van der Waals surface area (Å²) in [5.74, 6) is -0.651. The lowest BCUT2D eigenvalue weighted by Gasteiger charge is -2.13. The second-order valence-electron chi connectivity index (χ2n) is 4.23. The molecule has 92 valence electrons. The lowest BCUT2D eigenvalue weighted by Crippen LogP contribution is -2.16. The van der Waals surface area contributed by atoms with Crippen molar-refractivity contribution >= 4 is 5.97 Å². The quantitative estimate of drug-likeness (QED) is 0.839. The molecule has 1 heterocycles. The zero-order chi connectivity index (χ0) is 12.4. The minimum atomic E-state index is -0.930. The van der Waals surface area contributed by atoms with E-state index in [1.165, 1.54) is 6.07 Å². The maximum Gasteiger partial charge on any atom is 0.306 e. The van der Waals surface area contributed by atoms with Crippen LogP contribution in [-0.4, -0.2) is 22.2 Å². The van der Waals surface area contributed by atoms with Crippen molar-refractivity contribution in [3.63, 3.8) is 0 Å². The third-order valence-electron chi connectivity index (χ3n) is 2.83. The highest BCUT2D eigenvalue weighted by Gasteiger charge is 2.25. The highest BCUT2D eigenvalue weighted by molar-refractivity contribution is 5.66. The minimum Gasteiger partial charge on any atom is -0.487 e. The van der Waals surface area contributed by atoms with Gasteiger partial charge in [-0.25, -0.2) is 0 Å². The predicted octanol–water partition coefficient (Wildman–Crippen LogP) is 1.35. The smallest absolute Gasteiger partial charge is 0.306 e. The van der Waals surface area contributed by atoms with Gasteiger partial charge in [-0.3, -0.25) is 9.59 Å². The van der Waals surface area contributed by atoms with Crippen LogP contribution in [0, 0.1) is 6.92 Å². The number of aromatic nitrogens is 1. The van der Waals surface area contributed by atoms with Gasteiger partial charge in [0.05, 0.1) is 18.7 Å². The van der Waals surface area contributed by atoms with Gasteiger partial charge in [0, 0.05) is 18.3 Å². The molecule has 1 aliphatic carbocycles. The molecule has 17 heavy (non-hydrogen) atoms. The van der Waals surface area contributed by atoms with Crippen molar-refractivity contribution < 1.29 is 14.6 Å². The van der Waals surface area contributed by atoms with Gasteiger partial charge in [0.1, 0.15) is 0 Å². The van der Waals surface area contributed by atoms with Gasteiger partial charge in [-0.05, 0) is 19.8 Å². The largest absolute Gasteiger partial charge is 0.487 e. The molecule has 1 aliphatic rings. The van der Waals surface area contributed by atoms with E-state index in [-0.39, 0.29) is 24.2 Å². The van der Waals surface area contributed by atoms with Crippen LogP contribution >= 0.6 is 0 Å². The van der Waals surface area contributed by atoms with Crippen LogP contribution in [0.3, 0.4) is 0 Å². The molecule has 0 amide bonds. The van der Waals surface area contributed by atoms with Gasteiger partial charge in [0.15, 0.2) is 5.75 Å². The van der Waals surface area contributed by atoms with E-state index in [1.54, 1.807) is 6.20 Å². The molecule has 1 fully saturated rings. The van der Waals surface area contributed by atoms with Crippen molar-refractivity contribution in [3.8, 4) is 5.75 Å². The van der Waals surface area contributed by atoms with Crippen molar-refractivity contribution in [3.05, 3.63) is 28.2 Å². The SMILES string of the molecule is Cc1c(OCCC(=O)O)c(=O)ccn1C1CC1. The van der Waals surface area contributed by atoms with Gasteiger partial charge in [-0.15, -0.1) is 0 Å². The lowest BCUT2D eigenvalue weighted by molar-refractivity contribution is -0.137. The van der Waals surface area contributed by atoms with Gasteiger partial charge >= 0.3 is 5.97 Å². The van der Waals surface area contributed by atoms with Gasteiger partial charge < -0.3 is 14.4 Å². The summed E-state index contributed by atoms with van der Waals surface area (Å²) in [4.78, 5) is 22.0. The molecule has 2 rings (SSSR count). The molecule has 0 aliphatic heterocycles. The number of carboxylic acids is 1. The van der Waals surface area contributed by atoms with Crippen molar-refractivity contribution in [1.29, 1.82) is 0 Å². The van der Waals surface area contributed by atoms with Crippen LogP contribution in [0.15, 0.2) is 17.1 Å². The molecule has 1 aromatic heterocycles. The van der Waals surface area contributed by atoms with E-state index >= 15 is 0 Å². The van der Waals surface area contributed by atoms with Gasteiger partial charge in [-0.2, -0.15) is 0 Å². The van der Waals surface area contributed by atoms with Gasteiger partial charge in [0.25, 0.3) is 0 Å². The first-order valence-electron chi connectivity index (χ1n) is 5.66. The lowest BCUT2D eigenvalue weighted by atomic mass is 10.3. The predicted molar refractivity (Wildman–Crippen MR) is 61.5 cm³/mol. The summed E-state index contributed by atoms with van der Waals surface area (Å²) in [6, 6.07) is 1.94. The van der Waals surface area contributed by atoms with Crippen LogP contribution in [0.5, 0.6) is 5.75 Å². The Bertz CT molecular complexity index is 488. The summed E-state index contributed by atoms with van der Waals surface area (Å²) in [5.41, 5.74) is 0.593. The van der Waals surface area contributed by atoms with E-state index < -0.39 is 5.97 Å². The monoisotopic (exact) mass is 237 g/mol. The van der Waals surface area contributed by atoms with Crippen molar-refractivity contribution in [1.82, 2.24) is 4.57 Å². The Morgan fingerprint density at radius 3 is 2.88 bits per heavy atom. The molecular formula is C12H15NO4. The number of ether oxygens (including phenoxy) is 1. The average molecular weight is 237 g/mol. The van der Waals surface area contributed by atoms with Crippen molar-refractivity contribution in [2.24, 2.45) is 0 Å². The third kappa shape index (κ3) is 2.67. The number of rotatable bonds is 5. The second kappa shape index (κ2) is 4.61. The fourth-order valence-corrected chi connectivity index (χ4v) is 1.80. The second-order valence-corrected chi connectivity index (χ2v) is 4.23. The van der Waals surface area contributed by atoms with E-state index in [0.717, 1.165) is 18.5 Å². The molecule has 0 aromatic carbocycles. The molecule has 0 atom stereocenters. The highest BCUT2D eigenvalue weighted by atomic mass is 16.5. The summed E-state index contributed by atoms with van der Waals surface area (Å²) in [6.45, 7) is 1.86. The Balaban J connectivity index is 2.16. The number of aliphatic carboxylic acids is 1. The summed E-state index contributed by atoms with van der Waals surface area (Å²) >= 11 is 0. The zero-order valence-electron chi connectivity index (χ0n) is 9.68. The molecule has 5 nitrogen and oxygen atoms in total. The molecular weight excluding hydrogens is 222 g/mol. The number of carbonyl (C=O) groups is 1. The highest BCUT2D eigenvalue weighted by Crippen LogP contribution is 2.36. The minimum absolute atomic E-state index is 0.0279. The summed E-state index contributed by atoms with van der Waals surface area (Å²) in [6.07, 6.45) is 3.92.